The number of amides is 2. The van der Waals surface area contributed by atoms with Crippen LogP contribution in [0, 0.1) is 5.92 Å². The molecule has 1 rings (SSSR count). The number of rotatable bonds is 15. The molecule has 0 bridgehead atoms. The SMILES string of the molecule is CC(C)CCCCCCCCCCCCCCC(=O)O.O=C1CCC(=O)N1O. The third-order valence-corrected chi connectivity index (χ3v) is 4.95. The zero-order valence-corrected chi connectivity index (χ0v) is 18.0. The number of carbonyl (C=O) groups is 3. The predicted molar refractivity (Wildman–Crippen MR) is 110 cm³/mol. The lowest BCUT2D eigenvalue weighted by molar-refractivity contribution is -0.171. The minimum atomic E-state index is -0.654. The average Bonchev–Trinajstić information content (AvgIpc) is 2.93. The fraction of sp³-hybridized carbons (Fsp3) is 0.864. The normalized spacial score (nSPS) is 13.8. The van der Waals surface area contributed by atoms with E-state index in [0.29, 0.717) is 6.42 Å². The molecule has 0 atom stereocenters. The number of carboxylic acids is 1. The van der Waals surface area contributed by atoms with Crippen LogP contribution < -0.4 is 0 Å². The molecule has 0 aromatic carbocycles. The van der Waals surface area contributed by atoms with Gasteiger partial charge in [0.2, 0.25) is 0 Å². The summed E-state index contributed by atoms with van der Waals surface area (Å²) in [6.07, 6.45) is 17.6. The van der Waals surface area contributed by atoms with Crippen LogP contribution >= 0.6 is 0 Å². The van der Waals surface area contributed by atoms with Crippen molar-refractivity contribution in [3.05, 3.63) is 0 Å². The first kappa shape index (κ1) is 26.6. The molecule has 6 nitrogen and oxygen atoms in total. The van der Waals surface area contributed by atoms with Crippen molar-refractivity contribution in [1.29, 1.82) is 0 Å². The quantitative estimate of drug-likeness (QED) is 0.209. The van der Waals surface area contributed by atoms with E-state index in [1.54, 1.807) is 0 Å². The van der Waals surface area contributed by atoms with Crippen LogP contribution in [0.15, 0.2) is 0 Å². The molecule has 0 saturated carbocycles. The number of aliphatic carboxylic acids is 1. The zero-order valence-electron chi connectivity index (χ0n) is 18.0. The third kappa shape index (κ3) is 16.7. The molecule has 2 amide bonds. The number of hydrogen-bond acceptors (Lipinski definition) is 4. The Kier molecular flexibility index (Phi) is 16.8. The highest BCUT2D eigenvalue weighted by atomic mass is 16.5. The van der Waals surface area contributed by atoms with Gasteiger partial charge in [-0.1, -0.05) is 90.9 Å². The molecule has 1 heterocycles. The minimum absolute atomic E-state index is 0.148. The molecule has 6 heteroatoms. The fourth-order valence-electron chi connectivity index (χ4n) is 3.16. The van der Waals surface area contributed by atoms with E-state index >= 15 is 0 Å². The molecule has 2 N–H and O–H groups in total. The molecular weight excluding hydrogens is 358 g/mol. The number of imide groups is 1. The second-order valence-electron chi connectivity index (χ2n) is 8.17. The van der Waals surface area contributed by atoms with E-state index in [0.717, 1.165) is 18.8 Å². The number of carboxylic acid groups (broad SMARTS) is 1. The van der Waals surface area contributed by atoms with Crippen LogP contribution in [0.2, 0.25) is 0 Å². The van der Waals surface area contributed by atoms with Crippen molar-refractivity contribution in [2.45, 2.75) is 117 Å². The summed E-state index contributed by atoms with van der Waals surface area (Å²) in [5.41, 5.74) is 0. The molecule has 0 aromatic heterocycles. The number of hydrogen-bond donors (Lipinski definition) is 2. The fourth-order valence-corrected chi connectivity index (χ4v) is 3.16. The number of hydroxylamine groups is 2. The Morgan fingerprint density at radius 3 is 1.43 bits per heavy atom. The maximum absolute atomic E-state index is 10.3. The zero-order chi connectivity index (χ0) is 21.2. The summed E-state index contributed by atoms with van der Waals surface area (Å²) in [6, 6.07) is 0. The lowest BCUT2D eigenvalue weighted by Gasteiger charge is -2.04. The summed E-state index contributed by atoms with van der Waals surface area (Å²) in [6.45, 7) is 4.61. The number of nitrogens with zero attached hydrogens (tertiary/aromatic N) is 1. The van der Waals surface area contributed by atoms with Crippen LogP contribution in [0.3, 0.4) is 0 Å². The van der Waals surface area contributed by atoms with Gasteiger partial charge in [-0.15, -0.1) is 0 Å². The second-order valence-corrected chi connectivity index (χ2v) is 8.17. The van der Waals surface area contributed by atoms with Gasteiger partial charge in [-0.05, 0) is 12.3 Å². The Balaban J connectivity index is 0.000000749. The third-order valence-electron chi connectivity index (χ3n) is 4.95. The molecule has 0 radical (unpaired) electrons. The molecule has 1 saturated heterocycles. The molecule has 164 valence electrons. The molecule has 0 spiro atoms. The van der Waals surface area contributed by atoms with Crippen molar-refractivity contribution in [3.63, 3.8) is 0 Å². The molecule has 28 heavy (non-hydrogen) atoms. The van der Waals surface area contributed by atoms with Gasteiger partial charge in [0.15, 0.2) is 0 Å². The van der Waals surface area contributed by atoms with E-state index < -0.39 is 17.8 Å². The number of unbranched alkanes of at least 4 members (excludes halogenated alkanes) is 11. The molecule has 0 aromatic rings. The first-order valence-electron chi connectivity index (χ1n) is 11.1. The van der Waals surface area contributed by atoms with Gasteiger partial charge in [-0.25, -0.2) is 0 Å². The van der Waals surface area contributed by atoms with Crippen molar-refractivity contribution >= 4 is 17.8 Å². The van der Waals surface area contributed by atoms with Gasteiger partial charge >= 0.3 is 5.97 Å². The molecule has 1 aliphatic heterocycles. The summed E-state index contributed by atoms with van der Waals surface area (Å²) in [5.74, 6) is -0.797. The monoisotopic (exact) mass is 399 g/mol. The van der Waals surface area contributed by atoms with E-state index in [1.807, 2.05) is 0 Å². The van der Waals surface area contributed by atoms with Crippen molar-refractivity contribution in [2.75, 3.05) is 0 Å². The highest BCUT2D eigenvalue weighted by Gasteiger charge is 2.26. The van der Waals surface area contributed by atoms with Crippen molar-refractivity contribution in [3.8, 4) is 0 Å². The van der Waals surface area contributed by atoms with Gasteiger partial charge in [0.1, 0.15) is 0 Å². The van der Waals surface area contributed by atoms with Crippen molar-refractivity contribution < 1.29 is 24.7 Å². The van der Waals surface area contributed by atoms with Crippen LogP contribution in [0.5, 0.6) is 0 Å². The van der Waals surface area contributed by atoms with Crippen LogP contribution in [0.25, 0.3) is 0 Å². The summed E-state index contributed by atoms with van der Waals surface area (Å²) in [7, 11) is 0. The van der Waals surface area contributed by atoms with Gasteiger partial charge in [0.05, 0.1) is 0 Å². The van der Waals surface area contributed by atoms with Crippen LogP contribution in [-0.2, 0) is 14.4 Å². The standard InChI is InChI=1S/C18H36O2.C4H5NO3/c1-17(2)15-13-11-9-7-5-3-4-6-8-10-12-14-16-18(19)20;6-3-1-2-4(7)5(3)8/h17H,3-16H2,1-2H3,(H,19,20);8H,1-2H2. The first-order valence-corrected chi connectivity index (χ1v) is 11.1. The molecule has 1 aliphatic rings. The van der Waals surface area contributed by atoms with Gasteiger partial charge in [0.25, 0.3) is 11.8 Å². The summed E-state index contributed by atoms with van der Waals surface area (Å²) in [4.78, 5) is 30.8. The Bertz CT molecular complexity index is 421. The topological polar surface area (TPSA) is 94.9 Å². The largest absolute Gasteiger partial charge is 0.481 e. The van der Waals surface area contributed by atoms with Gasteiger partial charge < -0.3 is 5.11 Å². The molecular formula is C22H41NO5. The Labute approximate surface area is 170 Å². The van der Waals surface area contributed by atoms with E-state index in [9.17, 15) is 14.4 Å². The van der Waals surface area contributed by atoms with E-state index in [1.165, 1.54) is 70.6 Å². The highest BCUT2D eigenvalue weighted by Crippen LogP contribution is 2.14. The predicted octanol–water partition coefficient (Wildman–Crippen LogP) is 5.71. The van der Waals surface area contributed by atoms with Crippen LogP contribution in [-0.4, -0.2) is 33.2 Å². The van der Waals surface area contributed by atoms with Gasteiger partial charge in [0, 0.05) is 19.3 Å². The second kappa shape index (κ2) is 17.7. The number of carbonyl (C=O) groups excluding carboxylic acids is 2. The lowest BCUT2D eigenvalue weighted by Crippen LogP contribution is -2.24. The molecule has 0 aliphatic carbocycles. The van der Waals surface area contributed by atoms with Crippen molar-refractivity contribution in [1.82, 2.24) is 5.06 Å². The Morgan fingerprint density at radius 1 is 0.786 bits per heavy atom. The average molecular weight is 400 g/mol. The summed E-state index contributed by atoms with van der Waals surface area (Å²) in [5, 5.41) is 17.1. The van der Waals surface area contributed by atoms with E-state index in [-0.39, 0.29) is 17.9 Å². The van der Waals surface area contributed by atoms with Crippen LogP contribution in [0.4, 0.5) is 0 Å². The Morgan fingerprint density at radius 2 is 1.14 bits per heavy atom. The van der Waals surface area contributed by atoms with Gasteiger partial charge in [-0.2, -0.15) is 5.06 Å². The molecule has 1 fully saturated rings. The van der Waals surface area contributed by atoms with Crippen molar-refractivity contribution in [2.24, 2.45) is 5.92 Å². The summed E-state index contributed by atoms with van der Waals surface area (Å²) >= 11 is 0. The maximum atomic E-state index is 10.3. The van der Waals surface area contributed by atoms with E-state index in [4.69, 9.17) is 10.3 Å². The van der Waals surface area contributed by atoms with Crippen LogP contribution in [0.1, 0.15) is 117 Å². The molecule has 0 unspecified atom stereocenters. The maximum Gasteiger partial charge on any atom is 0.303 e. The highest BCUT2D eigenvalue weighted by molar-refractivity contribution is 6.00. The first-order chi connectivity index (χ1) is 13.3. The van der Waals surface area contributed by atoms with E-state index in [2.05, 4.69) is 13.8 Å². The Hall–Kier alpha value is -1.43. The lowest BCUT2D eigenvalue weighted by atomic mass is 10.0. The van der Waals surface area contributed by atoms with Gasteiger partial charge in [-0.3, -0.25) is 19.6 Å². The summed E-state index contributed by atoms with van der Waals surface area (Å²) < 4.78 is 0. The minimum Gasteiger partial charge on any atom is -0.481 e. The smallest absolute Gasteiger partial charge is 0.303 e.